The lowest BCUT2D eigenvalue weighted by molar-refractivity contribution is 0.247. The van der Waals surface area contributed by atoms with Gasteiger partial charge in [0.2, 0.25) is 0 Å². The number of carbonyl (C=O) groups excluding carboxylic acids is 1. The minimum Gasteiger partial charge on any atom is -0.493 e. The standard InChI is InChI=1S/C17H19ClN2O4/c1-22-15-7-6-13(11-16(15)23-2)20-17(21)19-8-9-24-14-5-3-4-12(18)10-14/h3-7,10-11H,8-9H2,1-2H3,(H2,19,20,21). The summed E-state index contributed by atoms with van der Waals surface area (Å²) in [7, 11) is 3.09. The minimum atomic E-state index is -0.336. The van der Waals surface area contributed by atoms with Crippen molar-refractivity contribution in [1.82, 2.24) is 5.32 Å². The highest BCUT2D eigenvalue weighted by Gasteiger charge is 2.07. The third kappa shape index (κ3) is 5.24. The molecule has 0 atom stereocenters. The van der Waals surface area contributed by atoms with E-state index >= 15 is 0 Å². The Hall–Kier alpha value is -2.60. The van der Waals surface area contributed by atoms with E-state index < -0.39 is 0 Å². The number of benzene rings is 2. The van der Waals surface area contributed by atoms with Crippen LogP contribution in [0.1, 0.15) is 0 Å². The Morgan fingerprint density at radius 2 is 1.88 bits per heavy atom. The van der Waals surface area contributed by atoms with Gasteiger partial charge in [-0.3, -0.25) is 0 Å². The summed E-state index contributed by atoms with van der Waals surface area (Å²) in [4.78, 5) is 11.9. The maximum absolute atomic E-state index is 11.9. The lowest BCUT2D eigenvalue weighted by atomic mass is 10.3. The molecule has 24 heavy (non-hydrogen) atoms. The number of urea groups is 1. The van der Waals surface area contributed by atoms with Crippen LogP contribution in [-0.2, 0) is 0 Å². The topological polar surface area (TPSA) is 68.8 Å². The Morgan fingerprint density at radius 1 is 1.08 bits per heavy atom. The van der Waals surface area contributed by atoms with Gasteiger partial charge >= 0.3 is 6.03 Å². The first kappa shape index (κ1) is 17.7. The number of halogens is 1. The largest absolute Gasteiger partial charge is 0.493 e. The van der Waals surface area contributed by atoms with Crippen molar-refractivity contribution in [2.75, 3.05) is 32.7 Å². The van der Waals surface area contributed by atoms with E-state index in [4.69, 9.17) is 25.8 Å². The Morgan fingerprint density at radius 3 is 2.58 bits per heavy atom. The first-order valence-corrected chi connectivity index (χ1v) is 7.65. The number of amides is 2. The molecule has 0 saturated heterocycles. The molecular weight excluding hydrogens is 332 g/mol. The van der Waals surface area contributed by atoms with Crippen LogP contribution in [0.5, 0.6) is 17.2 Å². The van der Waals surface area contributed by atoms with E-state index in [-0.39, 0.29) is 6.03 Å². The molecule has 0 aliphatic heterocycles. The van der Waals surface area contributed by atoms with Gasteiger partial charge in [-0.25, -0.2) is 4.79 Å². The highest BCUT2D eigenvalue weighted by Crippen LogP contribution is 2.29. The van der Waals surface area contributed by atoms with Gasteiger partial charge in [0.15, 0.2) is 11.5 Å². The molecule has 0 saturated carbocycles. The zero-order valence-electron chi connectivity index (χ0n) is 13.5. The molecule has 0 aliphatic carbocycles. The summed E-state index contributed by atoms with van der Waals surface area (Å²) in [5.41, 5.74) is 0.598. The molecular formula is C17H19ClN2O4. The molecule has 0 unspecified atom stereocenters. The van der Waals surface area contributed by atoms with Gasteiger partial charge in [-0.2, -0.15) is 0 Å². The van der Waals surface area contributed by atoms with Crippen molar-refractivity contribution in [2.45, 2.75) is 0 Å². The van der Waals surface area contributed by atoms with E-state index in [1.807, 2.05) is 0 Å². The van der Waals surface area contributed by atoms with Crippen LogP contribution >= 0.6 is 11.6 Å². The fourth-order valence-corrected chi connectivity index (χ4v) is 2.16. The lowest BCUT2D eigenvalue weighted by Crippen LogP contribution is -2.32. The quantitative estimate of drug-likeness (QED) is 0.749. The minimum absolute atomic E-state index is 0.333. The summed E-state index contributed by atoms with van der Waals surface area (Å²) in [5.74, 6) is 1.79. The zero-order valence-corrected chi connectivity index (χ0v) is 14.2. The number of methoxy groups -OCH3 is 2. The molecule has 0 heterocycles. The van der Waals surface area contributed by atoms with Crippen molar-refractivity contribution in [3.8, 4) is 17.2 Å². The van der Waals surface area contributed by atoms with Gasteiger partial charge in [0, 0.05) is 16.8 Å². The molecule has 0 bridgehead atoms. The molecule has 128 valence electrons. The Bertz CT molecular complexity index is 694. The summed E-state index contributed by atoms with van der Waals surface area (Å²) in [6.45, 7) is 0.686. The van der Waals surface area contributed by atoms with Crippen molar-refractivity contribution in [2.24, 2.45) is 0 Å². The second-order valence-electron chi connectivity index (χ2n) is 4.76. The van der Waals surface area contributed by atoms with Crippen molar-refractivity contribution in [3.63, 3.8) is 0 Å². The molecule has 0 spiro atoms. The maximum Gasteiger partial charge on any atom is 0.319 e. The maximum atomic E-state index is 11.9. The molecule has 2 aromatic rings. The van der Waals surface area contributed by atoms with Gasteiger partial charge in [0.25, 0.3) is 0 Å². The Labute approximate surface area is 145 Å². The van der Waals surface area contributed by atoms with E-state index in [1.54, 1.807) is 49.6 Å². The van der Waals surface area contributed by atoms with Crippen LogP contribution in [0, 0.1) is 0 Å². The van der Waals surface area contributed by atoms with Gasteiger partial charge in [-0.05, 0) is 30.3 Å². The third-order valence-electron chi connectivity index (χ3n) is 3.09. The SMILES string of the molecule is COc1ccc(NC(=O)NCCOc2cccc(Cl)c2)cc1OC. The van der Waals surface area contributed by atoms with Crippen LogP contribution in [0.2, 0.25) is 5.02 Å². The van der Waals surface area contributed by atoms with E-state index in [0.717, 1.165) is 0 Å². The van der Waals surface area contributed by atoms with Crippen LogP contribution in [0.3, 0.4) is 0 Å². The number of rotatable bonds is 7. The highest BCUT2D eigenvalue weighted by atomic mass is 35.5. The molecule has 2 N–H and O–H groups in total. The summed E-state index contributed by atoms with van der Waals surface area (Å²) in [5, 5.41) is 6.02. The average molecular weight is 351 g/mol. The Kier molecular flexibility index (Phi) is 6.57. The zero-order chi connectivity index (χ0) is 17.4. The molecule has 2 amide bonds. The molecule has 0 fully saturated rings. The van der Waals surface area contributed by atoms with Crippen LogP contribution in [0.25, 0.3) is 0 Å². The lowest BCUT2D eigenvalue weighted by Gasteiger charge is -2.11. The van der Waals surface area contributed by atoms with E-state index in [0.29, 0.717) is 41.1 Å². The monoisotopic (exact) mass is 350 g/mol. The Balaban J connectivity index is 1.77. The first-order chi connectivity index (χ1) is 11.6. The number of anilines is 1. The molecule has 6 nitrogen and oxygen atoms in total. The highest BCUT2D eigenvalue weighted by molar-refractivity contribution is 6.30. The van der Waals surface area contributed by atoms with Crippen molar-refractivity contribution in [1.29, 1.82) is 0 Å². The molecule has 0 aliphatic rings. The average Bonchev–Trinajstić information content (AvgIpc) is 2.58. The molecule has 7 heteroatoms. The predicted molar refractivity (Wildman–Crippen MR) is 93.5 cm³/mol. The van der Waals surface area contributed by atoms with Crippen molar-refractivity contribution < 1.29 is 19.0 Å². The normalized spacial score (nSPS) is 9.96. The van der Waals surface area contributed by atoms with E-state index in [9.17, 15) is 4.79 Å². The van der Waals surface area contributed by atoms with Crippen LogP contribution in [0.15, 0.2) is 42.5 Å². The van der Waals surface area contributed by atoms with Crippen molar-refractivity contribution in [3.05, 3.63) is 47.5 Å². The second-order valence-corrected chi connectivity index (χ2v) is 5.19. The molecule has 2 aromatic carbocycles. The van der Waals surface area contributed by atoms with Gasteiger partial charge in [0.1, 0.15) is 12.4 Å². The number of ether oxygens (including phenoxy) is 3. The molecule has 2 rings (SSSR count). The first-order valence-electron chi connectivity index (χ1n) is 7.27. The smallest absolute Gasteiger partial charge is 0.319 e. The van der Waals surface area contributed by atoms with E-state index in [1.165, 1.54) is 7.11 Å². The van der Waals surface area contributed by atoms with Crippen LogP contribution in [-0.4, -0.2) is 33.4 Å². The predicted octanol–water partition coefficient (Wildman–Crippen LogP) is 3.56. The molecule has 0 radical (unpaired) electrons. The van der Waals surface area contributed by atoms with E-state index in [2.05, 4.69) is 10.6 Å². The second kappa shape index (κ2) is 8.88. The number of hydrogen-bond donors (Lipinski definition) is 2. The van der Waals surface area contributed by atoms with Gasteiger partial charge < -0.3 is 24.8 Å². The molecule has 0 aromatic heterocycles. The summed E-state index contributed by atoms with van der Waals surface area (Å²) < 4.78 is 15.8. The number of nitrogens with one attached hydrogen (secondary N) is 2. The number of carbonyl (C=O) groups is 1. The van der Waals surface area contributed by atoms with Crippen LogP contribution in [0.4, 0.5) is 10.5 Å². The fraction of sp³-hybridized carbons (Fsp3) is 0.235. The van der Waals surface area contributed by atoms with Crippen molar-refractivity contribution >= 4 is 23.3 Å². The van der Waals surface area contributed by atoms with Crippen LogP contribution < -0.4 is 24.8 Å². The number of hydrogen-bond acceptors (Lipinski definition) is 4. The summed E-state index contributed by atoms with van der Waals surface area (Å²) >= 11 is 5.87. The summed E-state index contributed by atoms with van der Waals surface area (Å²) in [6.07, 6.45) is 0. The van der Waals surface area contributed by atoms with Gasteiger partial charge in [-0.1, -0.05) is 17.7 Å². The van der Waals surface area contributed by atoms with Gasteiger partial charge in [-0.15, -0.1) is 0 Å². The third-order valence-corrected chi connectivity index (χ3v) is 3.33. The summed E-state index contributed by atoms with van der Waals surface area (Å²) in [6, 6.07) is 11.9. The van der Waals surface area contributed by atoms with Gasteiger partial charge in [0.05, 0.1) is 20.8 Å². The fourth-order valence-electron chi connectivity index (χ4n) is 1.98.